The molecule has 1 N–H and O–H groups in total. The highest BCUT2D eigenvalue weighted by Gasteiger charge is 2.29. The van der Waals surface area contributed by atoms with Crippen molar-refractivity contribution < 1.29 is 14.3 Å². The zero-order chi connectivity index (χ0) is 15.2. The third-order valence-corrected chi connectivity index (χ3v) is 3.62. The number of nitrogens with one attached hydrogen (secondary N) is 1. The van der Waals surface area contributed by atoms with E-state index in [4.69, 9.17) is 4.74 Å². The zero-order valence-corrected chi connectivity index (χ0v) is 13.3. The van der Waals surface area contributed by atoms with Crippen molar-refractivity contribution >= 4 is 11.9 Å². The molecule has 0 heterocycles. The summed E-state index contributed by atoms with van der Waals surface area (Å²) in [5, 5.41) is 3.11. The van der Waals surface area contributed by atoms with Gasteiger partial charge in [-0.15, -0.1) is 0 Å². The molecule has 4 heteroatoms. The number of carbonyl (C=O) groups excluding carboxylic acids is 2. The Bertz CT molecular complexity index is 333. The van der Waals surface area contributed by atoms with Crippen molar-refractivity contribution in [2.75, 3.05) is 0 Å². The molecule has 1 rings (SSSR count). The third kappa shape index (κ3) is 6.40. The van der Waals surface area contributed by atoms with Gasteiger partial charge in [0.15, 0.2) is 0 Å². The molecule has 116 valence electrons. The van der Waals surface area contributed by atoms with Crippen LogP contribution in [0.25, 0.3) is 0 Å². The molecule has 2 atom stereocenters. The number of hydrogen-bond donors (Lipinski definition) is 1. The highest BCUT2D eigenvalue weighted by atomic mass is 16.6. The van der Waals surface area contributed by atoms with Gasteiger partial charge in [0.1, 0.15) is 5.60 Å². The lowest BCUT2D eigenvalue weighted by Crippen LogP contribution is -2.37. The molecule has 0 aromatic rings. The van der Waals surface area contributed by atoms with Crippen molar-refractivity contribution in [1.29, 1.82) is 0 Å². The maximum Gasteiger partial charge on any atom is 0.306 e. The predicted molar refractivity (Wildman–Crippen MR) is 79.3 cm³/mol. The average molecular weight is 283 g/mol. The standard InChI is InChI=1S/C16H29NO3/c1-5-7-14(18)17-13-9-6-8-12(13)10-11-15(19)20-16(2,3)4/h12-13H,5-11H2,1-4H3,(H,17,18)/t12-,13-/m0/s1. The topological polar surface area (TPSA) is 55.4 Å². The van der Waals surface area contributed by atoms with Gasteiger partial charge < -0.3 is 10.1 Å². The minimum Gasteiger partial charge on any atom is -0.460 e. The van der Waals surface area contributed by atoms with Gasteiger partial charge in [0.25, 0.3) is 0 Å². The van der Waals surface area contributed by atoms with Crippen LogP contribution in [0.1, 0.15) is 72.6 Å². The number of hydrogen-bond acceptors (Lipinski definition) is 3. The number of rotatable bonds is 6. The van der Waals surface area contributed by atoms with Gasteiger partial charge in [0, 0.05) is 18.9 Å². The van der Waals surface area contributed by atoms with E-state index in [1.54, 1.807) is 0 Å². The Morgan fingerprint density at radius 1 is 1.20 bits per heavy atom. The summed E-state index contributed by atoms with van der Waals surface area (Å²) in [5.74, 6) is 0.424. The molecule has 1 fully saturated rings. The van der Waals surface area contributed by atoms with Crippen LogP contribution in [0.5, 0.6) is 0 Å². The Labute approximate surface area is 122 Å². The van der Waals surface area contributed by atoms with Gasteiger partial charge in [-0.1, -0.05) is 13.3 Å². The number of carbonyl (C=O) groups is 2. The number of ether oxygens (including phenoxy) is 1. The first-order chi connectivity index (χ1) is 9.31. The Balaban J connectivity index is 2.35. The van der Waals surface area contributed by atoms with Gasteiger partial charge in [0.2, 0.25) is 5.91 Å². The van der Waals surface area contributed by atoms with Crippen molar-refractivity contribution in [3.8, 4) is 0 Å². The summed E-state index contributed by atoms with van der Waals surface area (Å²) in [6.45, 7) is 7.66. The second-order valence-corrected chi connectivity index (χ2v) is 6.74. The van der Waals surface area contributed by atoms with E-state index in [2.05, 4.69) is 5.32 Å². The van der Waals surface area contributed by atoms with Crippen molar-refractivity contribution in [3.63, 3.8) is 0 Å². The van der Waals surface area contributed by atoms with Gasteiger partial charge in [-0.2, -0.15) is 0 Å². The van der Waals surface area contributed by atoms with Crippen LogP contribution in [0.2, 0.25) is 0 Å². The molecule has 0 spiro atoms. The largest absolute Gasteiger partial charge is 0.460 e. The van der Waals surface area contributed by atoms with Crippen LogP contribution >= 0.6 is 0 Å². The first kappa shape index (κ1) is 17.0. The predicted octanol–water partition coefficient (Wildman–Crippen LogP) is 3.19. The Morgan fingerprint density at radius 2 is 1.90 bits per heavy atom. The Kier molecular flexibility index (Phi) is 6.50. The molecule has 1 aliphatic rings. The van der Waals surface area contributed by atoms with Gasteiger partial charge in [-0.3, -0.25) is 9.59 Å². The molecular weight excluding hydrogens is 254 g/mol. The molecule has 1 amide bonds. The molecule has 0 unspecified atom stereocenters. The van der Waals surface area contributed by atoms with E-state index in [-0.39, 0.29) is 17.9 Å². The first-order valence-corrected chi connectivity index (χ1v) is 7.83. The fourth-order valence-electron chi connectivity index (χ4n) is 2.77. The van der Waals surface area contributed by atoms with E-state index in [0.29, 0.717) is 18.8 Å². The SMILES string of the molecule is CCCC(=O)N[C@H]1CCC[C@H]1CCC(=O)OC(C)(C)C. The highest BCUT2D eigenvalue weighted by Crippen LogP contribution is 2.30. The molecule has 0 aromatic carbocycles. The summed E-state index contributed by atoms with van der Waals surface area (Å²) in [6.07, 6.45) is 5.99. The molecule has 20 heavy (non-hydrogen) atoms. The Hall–Kier alpha value is -1.06. The highest BCUT2D eigenvalue weighted by molar-refractivity contribution is 5.76. The normalized spacial score (nSPS) is 22.6. The van der Waals surface area contributed by atoms with Crippen LogP contribution in [0.15, 0.2) is 0 Å². The molecule has 0 aliphatic heterocycles. The monoisotopic (exact) mass is 283 g/mol. The lowest BCUT2D eigenvalue weighted by atomic mass is 9.97. The van der Waals surface area contributed by atoms with Crippen LogP contribution < -0.4 is 5.32 Å². The van der Waals surface area contributed by atoms with Gasteiger partial charge >= 0.3 is 5.97 Å². The van der Waals surface area contributed by atoms with Crippen LogP contribution in [-0.2, 0) is 14.3 Å². The molecule has 1 aliphatic carbocycles. The molecule has 0 saturated heterocycles. The summed E-state index contributed by atoms with van der Waals surface area (Å²) in [7, 11) is 0. The summed E-state index contributed by atoms with van der Waals surface area (Å²) in [5.41, 5.74) is -0.415. The van der Waals surface area contributed by atoms with E-state index in [1.165, 1.54) is 0 Å². The van der Waals surface area contributed by atoms with E-state index in [0.717, 1.165) is 32.1 Å². The summed E-state index contributed by atoms with van der Waals surface area (Å²) in [4.78, 5) is 23.4. The fraction of sp³-hybridized carbons (Fsp3) is 0.875. The van der Waals surface area contributed by atoms with Crippen molar-refractivity contribution in [1.82, 2.24) is 5.32 Å². The van der Waals surface area contributed by atoms with Crippen molar-refractivity contribution in [3.05, 3.63) is 0 Å². The van der Waals surface area contributed by atoms with Crippen LogP contribution in [0.4, 0.5) is 0 Å². The number of esters is 1. The fourth-order valence-corrected chi connectivity index (χ4v) is 2.77. The minimum absolute atomic E-state index is 0.136. The lowest BCUT2D eigenvalue weighted by Gasteiger charge is -2.23. The van der Waals surface area contributed by atoms with Gasteiger partial charge in [0.05, 0.1) is 0 Å². The first-order valence-electron chi connectivity index (χ1n) is 7.83. The maximum absolute atomic E-state index is 11.7. The zero-order valence-electron chi connectivity index (χ0n) is 13.3. The van der Waals surface area contributed by atoms with Crippen LogP contribution in [0.3, 0.4) is 0 Å². The second-order valence-electron chi connectivity index (χ2n) is 6.74. The minimum atomic E-state index is -0.415. The Morgan fingerprint density at radius 3 is 2.50 bits per heavy atom. The van der Waals surface area contributed by atoms with E-state index in [1.807, 2.05) is 27.7 Å². The van der Waals surface area contributed by atoms with Gasteiger partial charge in [-0.05, 0) is 52.4 Å². The van der Waals surface area contributed by atoms with E-state index >= 15 is 0 Å². The van der Waals surface area contributed by atoms with Crippen LogP contribution in [0, 0.1) is 5.92 Å². The molecule has 1 saturated carbocycles. The number of amides is 1. The second kappa shape index (κ2) is 7.65. The quantitative estimate of drug-likeness (QED) is 0.762. The maximum atomic E-state index is 11.7. The molecule has 0 aromatic heterocycles. The van der Waals surface area contributed by atoms with E-state index in [9.17, 15) is 9.59 Å². The smallest absolute Gasteiger partial charge is 0.306 e. The molecule has 0 bridgehead atoms. The van der Waals surface area contributed by atoms with Crippen molar-refractivity contribution in [2.45, 2.75) is 84.3 Å². The van der Waals surface area contributed by atoms with E-state index < -0.39 is 5.60 Å². The molecule has 0 radical (unpaired) electrons. The van der Waals surface area contributed by atoms with Crippen molar-refractivity contribution in [2.24, 2.45) is 5.92 Å². The summed E-state index contributed by atoms with van der Waals surface area (Å²) < 4.78 is 5.33. The summed E-state index contributed by atoms with van der Waals surface area (Å²) >= 11 is 0. The van der Waals surface area contributed by atoms with Gasteiger partial charge in [-0.25, -0.2) is 0 Å². The third-order valence-electron chi connectivity index (χ3n) is 3.62. The summed E-state index contributed by atoms with van der Waals surface area (Å²) in [6, 6.07) is 0.247. The van der Waals surface area contributed by atoms with Crippen LogP contribution in [-0.4, -0.2) is 23.5 Å². The average Bonchev–Trinajstić information content (AvgIpc) is 2.71. The molecular formula is C16H29NO3. The lowest BCUT2D eigenvalue weighted by molar-refractivity contribution is -0.155. The molecule has 4 nitrogen and oxygen atoms in total.